The van der Waals surface area contributed by atoms with Gasteiger partial charge in [0.05, 0.1) is 16.1 Å². The number of nitrogens with one attached hydrogen (secondary N) is 1. The fraction of sp³-hybridized carbons (Fsp3) is 0.409. The van der Waals surface area contributed by atoms with Crippen molar-refractivity contribution in [2.24, 2.45) is 0 Å². The van der Waals surface area contributed by atoms with E-state index in [1.807, 2.05) is 52.0 Å². The van der Waals surface area contributed by atoms with Gasteiger partial charge in [0, 0.05) is 13.6 Å². The molecule has 3 rings (SSSR count). The molecule has 7 nitrogen and oxygen atoms in total. The Bertz CT molecular complexity index is 1010. The highest BCUT2D eigenvalue weighted by Gasteiger charge is 2.51. The van der Waals surface area contributed by atoms with E-state index in [1.165, 1.54) is 17.0 Å². The van der Waals surface area contributed by atoms with Crippen LogP contribution in [0.25, 0.3) is 0 Å². The summed E-state index contributed by atoms with van der Waals surface area (Å²) in [5.74, 6) is 0. The first kappa shape index (κ1) is 23.3. The second-order valence-corrected chi connectivity index (χ2v) is 10.4. The first-order chi connectivity index (χ1) is 14.4. The summed E-state index contributed by atoms with van der Waals surface area (Å²) in [6.07, 6.45) is 0.582. The molecule has 0 radical (unpaired) electrons. The molecule has 2 aromatic carbocycles. The lowest BCUT2D eigenvalue weighted by molar-refractivity contribution is 0.00578. The van der Waals surface area contributed by atoms with Crippen LogP contribution in [0.2, 0.25) is 0 Å². The van der Waals surface area contributed by atoms with Gasteiger partial charge in [-0.3, -0.25) is 0 Å². The van der Waals surface area contributed by atoms with Crippen LogP contribution in [0.5, 0.6) is 0 Å². The number of benzene rings is 2. The molecule has 2 aromatic rings. The normalized spacial score (nSPS) is 17.4. The highest BCUT2D eigenvalue weighted by atomic mass is 32.2. The Morgan fingerprint density at radius 1 is 0.968 bits per heavy atom. The molecular formula is C22H29BN2O5S. The smallest absolute Gasteiger partial charge is 0.399 e. The van der Waals surface area contributed by atoms with E-state index in [4.69, 9.17) is 9.31 Å². The van der Waals surface area contributed by atoms with Crippen molar-refractivity contribution in [1.82, 2.24) is 9.62 Å². The van der Waals surface area contributed by atoms with Crippen LogP contribution in [0.15, 0.2) is 59.5 Å². The van der Waals surface area contributed by atoms with Crippen molar-refractivity contribution < 1.29 is 22.5 Å². The Balaban J connectivity index is 1.55. The van der Waals surface area contributed by atoms with E-state index in [9.17, 15) is 13.2 Å². The zero-order valence-corrected chi connectivity index (χ0v) is 19.4. The second-order valence-electron chi connectivity index (χ2n) is 8.73. The third kappa shape index (κ3) is 5.29. The van der Waals surface area contributed by atoms with Gasteiger partial charge < -0.3 is 14.2 Å². The molecule has 1 aliphatic heterocycles. The fourth-order valence-electron chi connectivity index (χ4n) is 3.07. The Kier molecular flexibility index (Phi) is 6.50. The van der Waals surface area contributed by atoms with Crippen LogP contribution < -0.4 is 10.2 Å². The number of carbonyl (C=O) groups excluding carboxylic acids is 1. The molecule has 0 spiro atoms. The zero-order valence-electron chi connectivity index (χ0n) is 18.6. The van der Waals surface area contributed by atoms with Gasteiger partial charge in [0.1, 0.15) is 0 Å². The van der Waals surface area contributed by atoms with E-state index in [1.54, 1.807) is 25.2 Å². The molecule has 0 aromatic heterocycles. The molecule has 166 valence electrons. The van der Waals surface area contributed by atoms with E-state index in [2.05, 4.69) is 4.72 Å². The number of rotatable bonds is 6. The van der Waals surface area contributed by atoms with E-state index in [0.29, 0.717) is 13.0 Å². The molecule has 0 saturated carbocycles. The maximum Gasteiger partial charge on any atom is 0.494 e. The maximum absolute atomic E-state index is 12.3. The number of likely N-dealkylation sites (N-methyl/N-ethyl adjacent to an activating group) is 1. The Labute approximate surface area is 184 Å². The Morgan fingerprint density at radius 3 is 2.06 bits per heavy atom. The lowest BCUT2D eigenvalue weighted by atomic mass is 9.79. The van der Waals surface area contributed by atoms with Crippen molar-refractivity contribution in [2.45, 2.75) is 50.2 Å². The highest BCUT2D eigenvalue weighted by Crippen LogP contribution is 2.36. The van der Waals surface area contributed by atoms with Crippen molar-refractivity contribution in [3.05, 3.63) is 60.2 Å². The van der Waals surface area contributed by atoms with E-state index >= 15 is 0 Å². The summed E-state index contributed by atoms with van der Waals surface area (Å²) in [7, 11) is -2.75. The maximum atomic E-state index is 12.3. The molecular weight excluding hydrogens is 415 g/mol. The quantitative estimate of drug-likeness (QED) is 0.693. The van der Waals surface area contributed by atoms with Crippen molar-refractivity contribution in [2.75, 3.05) is 13.6 Å². The molecule has 1 N–H and O–H groups in total. The standard InChI is InChI=1S/C22H29BN2O5S/c1-21(2)22(3,4)30-23(29-21)18-13-11-17(12-14-18)15-16-25(5)20(26)24-31(27,28)19-9-7-6-8-10-19/h6-14H,15-16H2,1-5H3,(H,24,26). The first-order valence-corrected chi connectivity index (χ1v) is 11.7. The summed E-state index contributed by atoms with van der Waals surface area (Å²) >= 11 is 0. The largest absolute Gasteiger partial charge is 0.494 e. The topological polar surface area (TPSA) is 84.9 Å². The van der Waals surface area contributed by atoms with Gasteiger partial charge in [-0.1, -0.05) is 42.5 Å². The van der Waals surface area contributed by atoms with Gasteiger partial charge in [0.15, 0.2) is 0 Å². The number of nitrogens with zero attached hydrogens (tertiary/aromatic N) is 1. The summed E-state index contributed by atoms with van der Waals surface area (Å²) in [6.45, 7) is 8.42. The molecule has 0 unspecified atom stereocenters. The minimum Gasteiger partial charge on any atom is -0.399 e. The van der Waals surface area contributed by atoms with Crippen LogP contribution in [-0.4, -0.2) is 51.3 Å². The molecule has 1 saturated heterocycles. The SMILES string of the molecule is CN(CCc1ccc(B2OC(C)(C)C(C)(C)O2)cc1)C(=O)NS(=O)(=O)c1ccccc1. The van der Waals surface area contributed by atoms with Crippen molar-refractivity contribution in [1.29, 1.82) is 0 Å². The van der Waals surface area contributed by atoms with Crippen LogP contribution in [0.3, 0.4) is 0 Å². The van der Waals surface area contributed by atoms with Gasteiger partial charge >= 0.3 is 13.1 Å². The van der Waals surface area contributed by atoms with Gasteiger partial charge in [0.2, 0.25) is 0 Å². The van der Waals surface area contributed by atoms with Crippen molar-refractivity contribution >= 4 is 28.6 Å². The van der Waals surface area contributed by atoms with Gasteiger partial charge in [-0.15, -0.1) is 0 Å². The highest BCUT2D eigenvalue weighted by molar-refractivity contribution is 7.90. The number of amides is 2. The zero-order chi connectivity index (χ0) is 22.9. The molecule has 0 atom stereocenters. The van der Waals surface area contributed by atoms with Crippen LogP contribution >= 0.6 is 0 Å². The first-order valence-electron chi connectivity index (χ1n) is 10.2. The van der Waals surface area contributed by atoms with Crippen LogP contribution in [0.1, 0.15) is 33.3 Å². The molecule has 1 fully saturated rings. The third-order valence-corrected chi connectivity index (χ3v) is 7.20. The van der Waals surface area contributed by atoms with Crippen molar-refractivity contribution in [3.8, 4) is 0 Å². The lowest BCUT2D eigenvalue weighted by Gasteiger charge is -2.32. The summed E-state index contributed by atoms with van der Waals surface area (Å²) < 4.78 is 38.8. The average Bonchev–Trinajstić information content (AvgIpc) is 2.94. The number of hydrogen-bond donors (Lipinski definition) is 1. The van der Waals surface area contributed by atoms with E-state index in [0.717, 1.165) is 11.0 Å². The Hall–Kier alpha value is -2.36. The van der Waals surface area contributed by atoms with Crippen LogP contribution in [0.4, 0.5) is 4.79 Å². The summed E-state index contributed by atoms with van der Waals surface area (Å²) in [4.78, 5) is 13.7. The minimum absolute atomic E-state index is 0.0510. The third-order valence-electron chi connectivity index (χ3n) is 5.86. The van der Waals surface area contributed by atoms with E-state index < -0.39 is 34.4 Å². The number of sulfonamides is 1. The molecule has 31 heavy (non-hydrogen) atoms. The predicted octanol–water partition coefficient (Wildman–Crippen LogP) is 2.56. The lowest BCUT2D eigenvalue weighted by Crippen LogP contribution is -2.41. The number of hydrogen-bond acceptors (Lipinski definition) is 5. The number of carbonyl (C=O) groups is 1. The van der Waals surface area contributed by atoms with Crippen LogP contribution in [-0.2, 0) is 25.8 Å². The second kappa shape index (κ2) is 8.65. The molecule has 0 aliphatic carbocycles. The monoisotopic (exact) mass is 444 g/mol. The minimum atomic E-state index is -3.89. The van der Waals surface area contributed by atoms with Gasteiger partial charge in [-0.05, 0) is 57.3 Å². The average molecular weight is 444 g/mol. The molecule has 1 heterocycles. The van der Waals surface area contributed by atoms with Crippen molar-refractivity contribution in [3.63, 3.8) is 0 Å². The molecule has 0 bridgehead atoms. The Morgan fingerprint density at radius 2 is 1.52 bits per heavy atom. The molecule has 9 heteroatoms. The fourth-order valence-corrected chi connectivity index (χ4v) is 4.09. The summed E-state index contributed by atoms with van der Waals surface area (Å²) in [6, 6.07) is 15.0. The van der Waals surface area contributed by atoms with Gasteiger partial charge in [-0.25, -0.2) is 17.9 Å². The molecule has 2 amide bonds. The van der Waals surface area contributed by atoms with Gasteiger partial charge in [-0.2, -0.15) is 0 Å². The van der Waals surface area contributed by atoms with Gasteiger partial charge in [0.25, 0.3) is 10.0 Å². The predicted molar refractivity (Wildman–Crippen MR) is 121 cm³/mol. The molecule has 1 aliphatic rings. The number of urea groups is 1. The summed E-state index contributed by atoms with van der Waals surface area (Å²) in [5.41, 5.74) is 1.16. The van der Waals surface area contributed by atoms with E-state index in [-0.39, 0.29) is 4.90 Å². The summed E-state index contributed by atoms with van der Waals surface area (Å²) in [5, 5.41) is 0. The van der Waals surface area contributed by atoms with Crippen LogP contribution in [0, 0.1) is 0 Å².